The minimum Gasteiger partial charge on any atom is -0.300 e. The third kappa shape index (κ3) is 1.64. The zero-order valence-corrected chi connectivity index (χ0v) is 11.4. The van der Waals surface area contributed by atoms with E-state index in [0.29, 0.717) is 29.6 Å². The van der Waals surface area contributed by atoms with Gasteiger partial charge in [0.05, 0.1) is 11.1 Å². The van der Waals surface area contributed by atoms with Gasteiger partial charge in [-0.15, -0.1) is 0 Å². The maximum atomic E-state index is 12.4. The standard InChI is InChI=1S/C16H18N2O2/c19-15-12-4-1-2-5-13(12)16(20)18(15)10-11-7-9-17-8-3-6-14(11)17/h1-2,4-5,11,14H,3,6-10H2/t11-,14-/m0/s1. The fourth-order valence-electron chi connectivity index (χ4n) is 4.04. The van der Waals surface area contributed by atoms with E-state index in [2.05, 4.69) is 4.90 Å². The van der Waals surface area contributed by atoms with Crippen LogP contribution in [-0.4, -0.2) is 47.3 Å². The molecular formula is C16H18N2O2. The molecule has 0 bridgehead atoms. The lowest BCUT2D eigenvalue weighted by Crippen LogP contribution is -2.38. The van der Waals surface area contributed by atoms with Crippen LogP contribution in [0, 0.1) is 5.92 Å². The summed E-state index contributed by atoms with van der Waals surface area (Å²) in [5.74, 6) is 0.240. The molecule has 0 aromatic heterocycles. The van der Waals surface area contributed by atoms with E-state index in [1.54, 1.807) is 12.1 Å². The predicted octanol–water partition coefficient (Wildman–Crippen LogP) is 1.77. The quantitative estimate of drug-likeness (QED) is 0.769. The van der Waals surface area contributed by atoms with Gasteiger partial charge >= 0.3 is 0 Å². The highest BCUT2D eigenvalue weighted by molar-refractivity contribution is 6.21. The van der Waals surface area contributed by atoms with E-state index < -0.39 is 0 Å². The Labute approximate surface area is 118 Å². The van der Waals surface area contributed by atoms with Gasteiger partial charge in [-0.1, -0.05) is 12.1 Å². The van der Waals surface area contributed by atoms with Crippen molar-refractivity contribution >= 4 is 11.8 Å². The number of rotatable bonds is 2. The zero-order valence-electron chi connectivity index (χ0n) is 11.4. The van der Waals surface area contributed by atoms with Gasteiger partial charge in [-0.2, -0.15) is 0 Å². The Bertz CT molecular complexity index is 549. The van der Waals surface area contributed by atoms with Crippen molar-refractivity contribution in [2.75, 3.05) is 19.6 Å². The number of amides is 2. The highest BCUT2D eigenvalue weighted by Crippen LogP contribution is 2.34. The van der Waals surface area contributed by atoms with Gasteiger partial charge in [-0.25, -0.2) is 0 Å². The molecule has 0 spiro atoms. The number of hydrogen-bond donors (Lipinski definition) is 0. The molecule has 1 aromatic rings. The summed E-state index contributed by atoms with van der Waals surface area (Å²) in [6, 6.07) is 7.74. The highest BCUT2D eigenvalue weighted by Gasteiger charge is 2.42. The lowest BCUT2D eigenvalue weighted by molar-refractivity contribution is 0.0620. The second kappa shape index (κ2) is 4.42. The second-order valence-electron chi connectivity index (χ2n) is 6.06. The highest BCUT2D eigenvalue weighted by atomic mass is 16.2. The largest absolute Gasteiger partial charge is 0.300 e. The van der Waals surface area contributed by atoms with Gasteiger partial charge < -0.3 is 4.90 Å². The molecule has 2 amide bonds. The summed E-state index contributed by atoms with van der Waals surface area (Å²) >= 11 is 0. The van der Waals surface area contributed by atoms with Gasteiger partial charge in [-0.05, 0) is 50.4 Å². The molecule has 3 aliphatic heterocycles. The van der Waals surface area contributed by atoms with Gasteiger partial charge in [0.1, 0.15) is 0 Å². The number of hydrogen-bond acceptors (Lipinski definition) is 3. The molecule has 0 radical (unpaired) electrons. The summed E-state index contributed by atoms with van der Waals surface area (Å²) in [6.45, 7) is 2.90. The summed E-state index contributed by atoms with van der Waals surface area (Å²) in [5.41, 5.74) is 1.14. The Morgan fingerprint density at radius 1 is 1.00 bits per heavy atom. The molecule has 2 atom stereocenters. The molecule has 2 saturated heterocycles. The van der Waals surface area contributed by atoms with Crippen LogP contribution in [0.5, 0.6) is 0 Å². The van der Waals surface area contributed by atoms with Crippen LogP contribution in [0.15, 0.2) is 24.3 Å². The number of carbonyl (C=O) groups is 2. The minimum absolute atomic E-state index is 0.109. The summed E-state index contributed by atoms with van der Waals surface area (Å²) in [6.07, 6.45) is 3.58. The summed E-state index contributed by atoms with van der Waals surface area (Å²) in [4.78, 5) is 28.7. The Hall–Kier alpha value is -1.68. The van der Waals surface area contributed by atoms with E-state index >= 15 is 0 Å². The lowest BCUT2D eigenvalue weighted by Gasteiger charge is -2.24. The average molecular weight is 270 g/mol. The summed E-state index contributed by atoms with van der Waals surface area (Å²) < 4.78 is 0. The maximum absolute atomic E-state index is 12.4. The molecule has 3 heterocycles. The Kier molecular flexibility index (Phi) is 2.67. The van der Waals surface area contributed by atoms with Crippen molar-refractivity contribution in [1.82, 2.24) is 9.80 Å². The van der Waals surface area contributed by atoms with Crippen LogP contribution in [0.2, 0.25) is 0 Å². The third-order valence-corrected chi connectivity index (χ3v) is 5.04. The molecular weight excluding hydrogens is 252 g/mol. The zero-order chi connectivity index (χ0) is 13.7. The second-order valence-corrected chi connectivity index (χ2v) is 6.06. The predicted molar refractivity (Wildman–Crippen MR) is 74.5 cm³/mol. The van der Waals surface area contributed by atoms with Crippen molar-refractivity contribution in [2.45, 2.75) is 25.3 Å². The van der Waals surface area contributed by atoms with E-state index in [0.717, 1.165) is 13.0 Å². The molecule has 0 aliphatic carbocycles. The minimum atomic E-state index is -0.109. The Morgan fingerprint density at radius 3 is 2.40 bits per heavy atom. The van der Waals surface area contributed by atoms with Gasteiger partial charge in [0.25, 0.3) is 11.8 Å². The smallest absolute Gasteiger partial charge is 0.261 e. The summed E-state index contributed by atoms with van der Waals surface area (Å²) in [7, 11) is 0. The van der Waals surface area contributed by atoms with Gasteiger partial charge in [0.15, 0.2) is 0 Å². The van der Waals surface area contributed by atoms with Crippen LogP contribution in [0.1, 0.15) is 40.0 Å². The number of benzene rings is 1. The molecule has 4 rings (SSSR count). The van der Waals surface area contributed by atoms with Crippen LogP contribution in [0.25, 0.3) is 0 Å². The van der Waals surface area contributed by atoms with Gasteiger partial charge in [0.2, 0.25) is 0 Å². The van der Waals surface area contributed by atoms with Crippen molar-refractivity contribution in [1.29, 1.82) is 0 Å². The van der Waals surface area contributed by atoms with E-state index in [1.165, 1.54) is 24.3 Å². The van der Waals surface area contributed by atoms with Crippen molar-refractivity contribution in [3.8, 4) is 0 Å². The van der Waals surface area contributed by atoms with Crippen molar-refractivity contribution in [2.24, 2.45) is 5.92 Å². The Balaban J connectivity index is 1.56. The first-order valence-corrected chi connectivity index (χ1v) is 7.45. The SMILES string of the molecule is O=C1c2ccccc2C(=O)N1C[C@@H]1CCN2CCC[C@@H]12. The van der Waals surface area contributed by atoms with E-state index in [-0.39, 0.29) is 11.8 Å². The first kappa shape index (κ1) is 12.1. The molecule has 4 nitrogen and oxygen atoms in total. The van der Waals surface area contributed by atoms with E-state index in [9.17, 15) is 9.59 Å². The molecule has 0 saturated carbocycles. The molecule has 0 unspecified atom stereocenters. The van der Waals surface area contributed by atoms with Crippen LogP contribution in [-0.2, 0) is 0 Å². The van der Waals surface area contributed by atoms with Gasteiger partial charge in [-0.3, -0.25) is 14.5 Å². The van der Waals surface area contributed by atoms with Crippen molar-refractivity contribution in [3.05, 3.63) is 35.4 Å². The fraction of sp³-hybridized carbons (Fsp3) is 0.500. The first-order valence-electron chi connectivity index (χ1n) is 7.45. The molecule has 20 heavy (non-hydrogen) atoms. The molecule has 4 heteroatoms. The number of nitrogens with zero attached hydrogens (tertiary/aromatic N) is 2. The normalized spacial score (nSPS) is 29.1. The van der Waals surface area contributed by atoms with Crippen molar-refractivity contribution < 1.29 is 9.59 Å². The monoisotopic (exact) mass is 270 g/mol. The number of carbonyl (C=O) groups excluding carboxylic acids is 2. The lowest BCUT2D eigenvalue weighted by atomic mass is 9.98. The molecule has 0 N–H and O–H groups in total. The topological polar surface area (TPSA) is 40.6 Å². The third-order valence-electron chi connectivity index (χ3n) is 5.04. The Morgan fingerprint density at radius 2 is 1.70 bits per heavy atom. The number of imide groups is 1. The van der Waals surface area contributed by atoms with E-state index in [4.69, 9.17) is 0 Å². The van der Waals surface area contributed by atoms with Crippen LogP contribution < -0.4 is 0 Å². The van der Waals surface area contributed by atoms with Crippen LogP contribution in [0.4, 0.5) is 0 Å². The maximum Gasteiger partial charge on any atom is 0.261 e. The molecule has 1 aromatic carbocycles. The van der Waals surface area contributed by atoms with Gasteiger partial charge in [0, 0.05) is 12.6 Å². The molecule has 104 valence electrons. The molecule has 3 aliphatic rings. The van der Waals surface area contributed by atoms with Crippen LogP contribution >= 0.6 is 0 Å². The number of fused-ring (bicyclic) bond motifs is 2. The average Bonchev–Trinajstić information content (AvgIpc) is 3.12. The van der Waals surface area contributed by atoms with E-state index in [1.807, 2.05) is 12.1 Å². The molecule has 2 fully saturated rings. The first-order chi connectivity index (χ1) is 9.75. The van der Waals surface area contributed by atoms with Crippen LogP contribution in [0.3, 0.4) is 0 Å². The summed E-state index contributed by atoms with van der Waals surface area (Å²) in [5, 5.41) is 0. The fourth-order valence-corrected chi connectivity index (χ4v) is 4.04. The van der Waals surface area contributed by atoms with Crippen molar-refractivity contribution in [3.63, 3.8) is 0 Å².